The first-order valence-electron chi connectivity index (χ1n) is 8.87. The molecule has 0 spiro atoms. The highest BCUT2D eigenvalue weighted by molar-refractivity contribution is 5.79. The zero-order chi connectivity index (χ0) is 18.4. The summed E-state index contributed by atoms with van der Waals surface area (Å²) in [6.07, 6.45) is 1.18. The van der Waals surface area contributed by atoms with E-state index in [1.54, 1.807) is 12.0 Å². The molecule has 1 aromatic rings. The number of methoxy groups -OCH3 is 1. The van der Waals surface area contributed by atoms with E-state index in [2.05, 4.69) is 5.32 Å². The summed E-state index contributed by atoms with van der Waals surface area (Å²) in [4.78, 5) is 28.4. The Balaban J connectivity index is 1.92. The predicted octanol–water partition coefficient (Wildman–Crippen LogP) is 2.20. The van der Waals surface area contributed by atoms with Crippen molar-refractivity contribution < 1.29 is 14.3 Å². The first-order chi connectivity index (χ1) is 11.9. The fourth-order valence-corrected chi connectivity index (χ4v) is 3.05. The molecule has 1 aliphatic rings. The van der Waals surface area contributed by atoms with Crippen LogP contribution in [0.25, 0.3) is 0 Å². The third-order valence-corrected chi connectivity index (χ3v) is 4.36. The molecule has 0 bridgehead atoms. The van der Waals surface area contributed by atoms with Gasteiger partial charge in [0, 0.05) is 32.2 Å². The molecule has 6 nitrogen and oxygen atoms in total. The molecule has 6 heteroatoms. The van der Waals surface area contributed by atoms with E-state index < -0.39 is 0 Å². The SMILES string of the molecule is COc1ccc(CC(=O)N2CCCN(C(=O)NC(C)C)CC2)cc1C. The monoisotopic (exact) mass is 347 g/mol. The highest BCUT2D eigenvalue weighted by Crippen LogP contribution is 2.19. The number of aryl methyl sites for hydroxylation is 1. The largest absolute Gasteiger partial charge is 0.496 e. The number of hydrogen-bond donors (Lipinski definition) is 1. The lowest BCUT2D eigenvalue weighted by Gasteiger charge is -2.23. The summed E-state index contributed by atoms with van der Waals surface area (Å²) in [6.45, 7) is 8.41. The second-order valence-electron chi connectivity index (χ2n) is 6.81. The fraction of sp³-hybridized carbons (Fsp3) is 0.579. The minimum absolute atomic E-state index is 0.0462. The molecule has 1 saturated heterocycles. The average molecular weight is 347 g/mol. The van der Waals surface area contributed by atoms with Crippen molar-refractivity contribution >= 4 is 11.9 Å². The van der Waals surface area contributed by atoms with Crippen molar-refractivity contribution in [3.8, 4) is 5.75 Å². The molecule has 0 atom stereocenters. The number of ether oxygens (including phenoxy) is 1. The first kappa shape index (κ1) is 19.1. The number of carbonyl (C=O) groups is 2. The van der Waals surface area contributed by atoms with Gasteiger partial charge in [0.1, 0.15) is 5.75 Å². The highest BCUT2D eigenvalue weighted by Gasteiger charge is 2.22. The van der Waals surface area contributed by atoms with Crippen molar-refractivity contribution in [3.05, 3.63) is 29.3 Å². The topological polar surface area (TPSA) is 61.9 Å². The van der Waals surface area contributed by atoms with Gasteiger partial charge in [-0.25, -0.2) is 4.79 Å². The van der Waals surface area contributed by atoms with Gasteiger partial charge < -0.3 is 19.9 Å². The number of benzene rings is 1. The first-order valence-corrected chi connectivity index (χ1v) is 8.87. The molecule has 25 heavy (non-hydrogen) atoms. The van der Waals surface area contributed by atoms with Gasteiger partial charge in [-0.3, -0.25) is 4.79 Å². The number of nitrogens with one attached hydrogen (secondary N) is 1. The van der Waals surface area contributed by atoms with Crippen LogP contribution < -0.4 is 10.1 Å². The van der Waals surface area contributed by atoms with Crippen LogP contribution in [0.4, 0.5) is 4.79 Å². The van der Waals surface area contributed by atoms with Gasteiger partial charge in [0.15, 0.2) is 0 Å². The Bertz CT molecular complexity index is 616. The van der Waals surface area contributed by atoms with Gasteiger partial charge in [-0.15, -0.1) is 0 Å². The standard InChI is InChI=1S/C19H29N3O3/c1-14(2)20-19(24)22-9-5-8-21(10-11-22)18(23)13-16-6-7-17(25-4)15(3)12-16/h6-7,12,14H,5,8-11,13H2,1-4H3,(H,20,24). The van der Waals surface area contributed by atoms with Crippen molar-refractivity contribution in [2.75, 3.05) is 33.3 Å². The van der Waals surface area contributed by atoms with Gasteiger partial charge in [0.05, 0.1) is 13.5 Å². The third kappa shape index (κ3) is 5.37. The van der Waals surface area contributed by atoms with Gasteiger partial charge in [-0.2, -0.15) is 0 Å². The summed E-state index contributed by atoms with van der Waals surface area (Å²) < 4.78 is 5.26. The fourth-order valence-electron chi connectivity index (χ4n) is 3.05. The van der Waals surface area contributed by atoms with Gasteiger partial charge in [0.2, 0.25) is 5.91 Å². The average Bonchev–Trinajstić information content (AvgIpc) is 2.80. The Labute approximate surface area is 150 Å². The van der Waals surface area contributed by atoms with Crippen LogP contribution in [0.2, 0.25) is 0 Å². The number of carbonyl (C=O) groups excluding carboxylic acids is 2. The maximum absolute atomic E-state index is 12.6. The Kier molecular flexibility index (Phi) is 6.67. The smallest absolute Gasteiger partial charge is 0.317 e. The Morgan fingerprint density at radius 3 is 2.48 bits per heavy atom. The third-order valence-electron chi connectivity index (χ3n) is 4.36. The Morgan fingerprint density at radius 1 is 1.16 bits per heavy atom. The molecule has 138 valence electrons. The van der Waals surface area contributed by atoms with Crippen molar-refractivity contribution in [1.29, 1.82) is 0 Å². The number of rotatable bonds is 4. The van der Waals surface area contributed by atoms with Crippen LogP contribution in [0.5, 0.6) is 5.75 Å². The lowest BCUT2D eigenvalue weighted by Crippen LogP contribution is -2.45. The van der Waals surface area contributed by atoms with Gasteiger partial charge in [-0.05, 0) is 44.4 Å². The van der Waals surface area contributed by atoms with Gasteiger partial charge >= 0.3 is 6.03 Å². The summed E-state index contributed by atoms with van der Waals surface area (Å²) in [7, 11) is 1.64. The van der Waals surface area contributed by atoms with E-state index in [1.165, 1.54) is 0 Å². The molecule has 1 N–H and O–H groups in total. The van der Waals surface area contributed by atoms with E-state index in [9.17, 15) is 9.59 Å². The summed E-state index contributed by atoms with van der Waals surface area (Å²) >= 11 is 0. The van der Waals surface area contributed by atoms with Gasteiger partial charge in [-0.1, -0.05) is 12.1 Å². The summed E-state index contributed by atoms with van der Waals surface area (Å²) in [5, 5.41) is 2.91. The van der Waals surface area contributed by atoms with Gasteiger partial charge in [0.25, 0.3) is 0 Å². The Morgan fingerprint density at radius 2 is 1.84 bits per heavy atom. The molecule has 1 aliphatic heterocycles. The molecular weight excluding hydrogens is 318 g/mol. The van der Waals surface area contributed by atoms with E-state index in [0.717, 1.165) is 23.3 Å². The van der Waals surface area contributed by atoms with Crippen LogP contribution in [0.3, 0.4) is 0 Å². The highest BCUT2D eigenvalue weighted by atomic mass is 16.5. The summed E-state index contributed by atoms with van der Waals surface area (Å²) in [5.41, 5.74) is 2.02. The minimum atomic E-state index is -0.0462. The molecule has 0 aliphatic carbocycles. The summed E-state index contributed by atoms with van der Waals surface area (Å²) in [5.74, 6) is 0.938. The lowest BCUT2D eigenvalue weighted by molar-refractivity contribution is -0.130. The molecule has 0 unspecified atom stereocenters. The second-order valence-corrected chi connectivity index (χ2v) is 6.81. The normalized spacial score (nSPS) is 15.1. The quantitative estimate of drug-likeness (QED) is 0.908. The van der Waals surface area contributed by atoms with Crippen molar-refractivity contribution in [2.45, 2.75) is 39.7 Å². The molecule has 2 rings (SSSR count). The maximum atomic E-state index is 12.6. The van der Waals surface area contributed by atoms with Crippen molar-refractivity contribution in [1.82, 2.24) is 15.1 Å². The zero-order valence-corrected chi connectivity index (χ0v) is 15.7. The number of amides is 3. The van der Waals surface area contributed by atoms with E-state index in [4.69, 9.17) is 4.74 Å². The van der Waals surface area contributed by atoms with Crippen molar-refractivity contribution in [3.63, 3.8) is 0 Å². The van der Waals surface area contributed by atoms with Crippen LogP contribution in [-0.4, -0.2) is 61.1 Å². The molecule has 0 radical (unpaired) electrons. The number of hydrogen-bond acceptors (Lipinski definition) is 3. The number of urea groups is 1. The predicted molar refractivity (Wildman–Crippen MR) is 97.9 cm³/mol. The maximum Gasteiger partial charge on any atom is 0.317 e. The Hall–Kier alpha value is -2.24. The molecule has 1 aromatic carbocycles. The van der Waals surface area contributed by atoms with Crippen LogP contribution in [0.15, 0.2) is 18.2 Å². The molecule has 1 heterocycles. The molecule has 1 fully saturated rings. The lowest BCUT2D eigenvalue weighted by atomic mass is 10.1. The molecule has 0 aromatic heterocycles. The van der Waals surface area contributed by atoms with Crippen LogP contribution in [0.1, 0.15) is 31.4 Å². The van der Waals surface area contributed by atoms with E-state index >= 15 is 0 Å². The van der Waals surface area contributed by atoms with Crippen LogP contribution >= 0.6 is 0 Å². The zero-order valence-electron chi connectivity index (χ0n) is 15.7. The summed E-state index contributed by atoms with van der Waals surface area (Å²) in [6, 6.07) is 5.90. The van der Waals surface area contributed by atoms with E-state index in [0.29, 0.717) is 32.6 Å². The van der Waals surface area contributed by atoms with Crippen molar-refractivity contribution in [2.24, 2.45) is 0 Å². The molecule has 0 saturated carbocycles. The van der Waals surface area contributed by atoms with E-state index in [1.807, 2.05) is 43.9 Å². The molecule has 3 amide bonds. The van der Waals surface area contributed by atoms with Crippen LogP contribution in [0, 0.1) is 6.92 Å². The van der Waals surface area contributed by atoms with E-state index in [-0.39, 0.29) is 18.0 Å². The minimum Gasteiger partial charge on any atom is -0.496 e. The second kappa shape index (κ2) is 8.74. The molecular formula is C19H29N3O3. The van der Waals surface area contributed by atoms with Crippen LogP contribution in [-0.2, 0) is 11.2 Å². The number of nitrogens with zero attached hydrogens (tertiary/aromatic N) is 2.